The molecule has 0 saturated carbocycles. The molecule has 2 atom stereocenters. The molecule has 0 saturated heterocycles. The molecule has 2 aliphatic carbocycles. The topological polar surface area (TPSA) is 17.1 Å². The van der Waals surface area contributed by atoms with Crippen LogP contribution in [-0.4, -0.2) is 5.78 Å². The first kappa shape index (κ1) is 7.78. The standard InChI is InChI=1S/C11H14O/c1-8(12)11-4-2-3-9-5-6-10(11)7-9/h4-6,9-10H,2-3,7H2,1H3/t9-,10+/m0/s1. The number of carbonyl (C=O) groups is 1. The van der Waals surface area contributed by atoms with E-state index in [1.54, 1.807) is 6.92 Å². The second kappa shape index (κ2) is 2.89. The van der Waals surface area contributed by atoms with Crippen molar-refractivity contribution in [3.63, 3.8) is 0 Å². The molecule has 12 heavy (non-hydrogen) atoms. The van der Waals surface area contributed by atoms with E-state index in [1.165, 1.54) is 12.8 Å². The van der Waals surface area contributed by atoms with Crippen molar-refractivity contribution in [1.29, 1.82) is 0 Å². The highest BCUT2D eigenvalue weighted by Crippen LogP contribution is 2.35. The fraction of sp³-hybridized carbons (Fsp3) is 0.545. The van der Waals surface area contributed by atoms with E-state index in [0.29, 0.717) is 5.92 Å². The molecule has 0 aliphatic heterocycles. The molecule has 0 spiro atoms. The van der Waals surface area contributed by atoms with Crippen LogP contribution in [0.3, 0.4) is 0 Å². The quantitative estimate of drug-likeness (QED) is 0.541. The summed E-state index contributed by atoms with van der Waals surface area (Å²) in [5, 5.41) is 0. The van der Waals surface area contributed by atoms with E-state index in [4.69, 9.17) is 0 Å². The summed E-state index contributed by atoms with van der Waals surface area (Å²) in [6, 6.07) is 0. The number of rotatable bonds is 1. The van der Waals surface area contributed by atoms with Crippen LogP contribution in [-0.2, 0) is 4.79 Å². The molecule has 2 rings (SSSR count). The highest BCUT2D eigenvalue weighted by atomic mass is 16.1. The van der Waals surface area contributed by atoms with Crippen molar-refractivity contribution in [3.05, 3.63) is 23.8 Å². The summed E-state index contributed by atoms with van der Waals surface area (Å²) < 4.78 is 0. The first-order valence-electron chi connectivity index (χ1n) is 4.66. The van der Waals surface area contributed by atoms with Crippen molar-refractivity contribution in [2.45, 2.75) is 26.2 Å². The Kier molecular flexibility index (Phi) is 1.87. The van der Waals surface area contributed by atoms with E-state index in [1.807, 2.05) is 0 Å². The van der Waals surface area contributed by atoms with Gasteiger partial charge in [0.05, 0.1) is 0 Å². The Morgan fingerprint density at radius 2 is 2.33 bits per heavy atom. The van der Waals surface area contributed by atoms with Crippen molar-refractivity contribution in [3.8, 4) is 0 Å². The van der Waals surface area contributed by atoms with Gasteiger partial charge in [0.1, 0.15) is 0 Å². The zero-order chi connectivity index (χ0) is 8.55. The van der Waals surface area contributed by atoms with E-state index in [-0.39, 0.29) is 5.78 Å². The van der Waals surface area contributed by atoms with Crippen LogP contribution in [0.1, 0.15) is 26.2 Å². The third kappa shape index (κ3) is 1.24. The van der Waals surface area contributed by atoms with E-state index < -0.39 is 0 Å². The van der Waals surface area contributed by atoms with Crippen LogP contribution in [0.25, 0.3) is 0 Å². The maximum Gasteiger partial charge on any atom is 0.156 e. The maximum atomic E-state index is 11.2. The zero-order valence-electron chi connectivity index (χ0n) is 7.42. The largest absolute Gasteiger partial charge is 0.295 e. The highest BCUT2D eigenvalue weighted by molar-refractivity contribution is 5.94. The van der Waals surface area contributed by atoms with Gasteiger partial charge in [-0.3, -0.25) is 4.79 Å². The average Bonchev–Trinajstić information content (AvgIpc) is 2.30. The summed E-state index contributed by atoms with van der Waals surface area (Å²) in [6.45, 7) is 1.68. The van der Waals surface area contributed by atoms with Crippen LogP contribution in [0.5, 0.6) is 0 Å². The molecular formula is C11H14O. The molecular weight excluding hydrogens is 148 g/mol. The van der Waals surface area contributed by atoms with Gasteiger partial charge in [-0.1, -0.05) is 18.2 Å². The summed E-state index contributed by atoms with van der Waals surface area (Å²) in [5.74, 6) is 1.44. The predicted octanol–water partition coefficient (Wildman–Crippen LogP) is 2.49. The summed E-state index contributed by atoms with van der Waals surface area (Å²) in [4.78, 5) is 11.2. The molecule has 1 nitrogen and oxygen atoms in total. The number of hydrogen-bond acceptors (Lipinski definition) is 1. The number of allylic oxidation sites excluding steroid dienone is 4. The monoisotopic (exact) mass is 162 g/mol. The van der Waals surface area contributed by atoms with Gasteiger partial charge >= 0.3 is 0 Å². The normalized spacial score (nSPS) is 32.9. The zero-order valence-corrected chi connectivity index (χ0v) is 7.42. The second-order valence-electron chi connectivity index (χ2n) is 3.78. The molecule has 0 unspecified atom stereocenters. The molecule has 0 aromatic rings. The fourth-order valence-electron chi connectivity index (χ4n) is 2.23. The van der Waals surface area contributed by atoms with Crippen molar-refractivity contribution in [2.75, 3.05) is 0 Å². The molecule has 0 N–H and O–H groups in total. The average molecular weight is 162 g/mol. The van der Waals surface area contributed by atoms with Crippen molar-refractivity contribution in [2.24, 2.45) is 11.8 Å². The number of hydrogen-bond donors (Lipinski definition) is 0. The Labute approximate surface area is 73.2 Å². The summed E-state index contributed by atoms with van der Waals surface area (Å²) in [5.41, 5.74) is 1.05. The van der Waals surface area contributed by atoms with Gasteiger partial charge in [-0.25, -0.2) is 0 Å². The van der Waals surface area contributed by atoms with Crippen molar-refractivity contribution >= 4 is 5.78 Å². The van der Waals surface area contributed by atoms with Crippen LogP contribution in [0.2, 0.25) is 0 Å². The summed E-state index contributed by atoms with van der Waals surface area (Å²) in [7, 11) is 0. The molecule has 2 bridgehead atoms. The molecule has 1 heteroatoms. The van der Waals surface area contributed by atoms with E-state index >= 15 is 0 Å². The minimum Gasteiger partial charge on any atom is -0.295 e. The third-order valence-electron chi connectivity index (χ3n) is 2.88. The predicted molar refractivity (Wildman–Crippen MR) is 48.7 cm³/mol. The van der Waals surface area contributed by atoms with Crippen LogP contribution in [0.4, 0.5) is 0 Å². The van der Waals surface area contributed by atoms with Crippen LogP contribution in [0.15, 0.2) is 23.8 Å². The van der Waals surface area contributed by atoms with Gasteiger partial charge in [0.15, 0.2) is 5.78 Å². The Morgan fingerprint density at radius 3 is 3.08 bits per heavy atom. The maximum absolute atomic E-state index is 11.2. The molecule has 0 aromatic heterocycles. The minimum absolute atomic E-state index is 0.257. The lowest BCUT2D eigenvalue weighted by molar-refractivity contribution is -0.114. The molecule has 0 aromatic carbocycles. The van der Waals surface area contributed by atoms with Gasteiger partial charge in [0.25, 0.3) is 0 Å². The lowest BCUT2D eigenvalue weighted by Gasteiger charge is -2.08. The van der Waals surface area contributed by atoms with E-state index in [9.17, 15) is 4.79 Å². The third-order valence-corrected chi connectivity index (χ3v) is 2.88. The van der Waals surface area contributed by atoms with Crippen LogP contribution in [0, 0.1) is 11.8 Å². The summed E-state index contributed by atoms with van der Waals surface area (Å²) in [6.07, 6.45) is 10.1. The van der Waals surface area contributed by atoms with E-state index in [0.717, 1.165) is 17.9 Å². The molecule has 0 heterocycles. The van der Waals surface area contributed by atoms with Crippen molar-refractivity contribution in [1.82, 2.24) is 0 Å². The highest BCUT2D eigenvalue weighted by Gasteiger charge is 2.25. The Balaban J connectivity index is 2.26. The lowest BCUT2D eigenvalue weighted by atomic mass is 9.95. The lowest BCUT2D eigenvalue weighted by Crippen LogP contribution is -2.06. The molecule has 64 valence electrons. The molecule has 0 radical (unpaired) electrons. The first-order valence-corrected chi connectivity index (χ1v) is 4.66. The molecule has 0 fully saturated rings. The summed E-state index contributed by atoms with van der Waals surface area (Å²) >= 11 is 0. The van der Waals surface area contributed by atoms with Crippen molar-refractivity contribution < 1.29 is 4.79 Å². The number of Topliss-reactive ketones (excluding diaryl/α,β-unsaturated/α-hetero) is 1. The second-order valence-corrected chi connectivity index (χ2v) is 3.78. The Bertz CT molecular complexity index is 260. The number of carbonyl (C=O) groups excluding carboxylic acids is 1. The number of fused-ring (bicyclic) bond motifs is 2. The van der Waals surface area contributed by atoms with Gasteiger partial charge in [-0.05, 0) is 37.7 Å². The van der Waals surface area contributed by atoms with Gasteiger partial charge in [-0.2, -0.15) is 0 Å². The molecule has 2 aliphatic rings. The number of ketones is 1. The van der Waals surface area contributed by atoms with Gasteiger partial charge in [0.2, 0.25) is 0 Å². The van der Waals surface area contributed by atoms with Crippen LogP contribution < -0.4 is 0 Å². The smallest absolute Gasteiger partial charge is 0.156 e. The van der Waals surface area contributed by atoms with Gasteiger partial charge < -0.3 is 0 Å². The first-order chi connectivity index (χ1) is 5.77. The Hall–Kier alpha value is -0.850. The Morgan fingerprint density at radius 1 is 1.50 bits per heavy atom. The van der Waals surface area contributed by atoms with Gasteiger partial charge in [0, 0.05) is 5.92 Å². The SMILES string of the molecule is CC(=O)C1=CCC[C@H]2C=C[C@@H]1C2. The molecule has 0 amide bonds. The van der Waals surface area contributed by atoms with Crippen LogP contribution >= 0.6 is 0 Å². The van der Waals surface area contributed by atoms with E-state index in [2.05, 4.69) is 18.2 Å². The van der Waals surface area contributed by atoms with Gasteiger partial charge in [-0.15, -0.1) is 0 Å². The fourth-order valence-corrected chi connectivity index (χ4v) is 2.23. The minimum atomic E-state index is 0.257.